The molecule has 0 aromatic carbocycles. The van der Waals surface area contributed by atoms with Crippen molar-refractivity contribution in [3.8, 4) is 0 Å². The number of carbonyl (C=O) groups excluding carboxylic acids is 1. The van der Waals surface area contributed by atoms with E-state index in [2.05, 4.69) is 15.6 Å². The summed E-state index contributed by atoms with van der Waals surface area (Å²) in [5.41, 5.74) is 0.648. The summed E-state index contributed by atoms with van der Waals surface area (Å²) in [7, 11) is 0. The van der Waals surface area contributed by atoms with Gasteiger partial charge in [0.25, 0.3) is 0 Å². The predicted molar refractivity (Wildman–Crippen MR) is 64.1 cm³/mol. The zero-order valence-corrected chi connectivity index (χ0v) is 10.1. The van der Waals surface area contributed by atoms with Crippen LogP contribution in [0.4, 0.5) is 4.79 Å². The highest BCUT2D eigenvalue weighted by atomic mass is 16.2. The monoisotopic (exact) mass is 221 g/mol. The largest absolute Gasteiger partial charge is 0.338 e. The van der Waals surface area contributed by atoms with Crippen LogP contribution in [-0.2, 0) is 5.54 Å². The lowest BCUT2D eigenvalue weighted by Gasteiger charge is -2.26. The fourth-order valence-corrected chi connectivity index (χ4v) is 1.41. The second-order valence-electron chi connectivity index (χ2n) is 4.24. The molecule has 4 nitrogen and oxygen atoms in total. The standard InChI is InChI=1S/C12H19N3O/c1-4-7-14-11(16)15-12(2,3)10-5-8-13-9-6-10/h5-6,8-9H,4,7H2,1-3H3,(H2,14,15,16). The summed E-state index contributed by atoms with van der Waals surface area (Å²) < 4.78 is 0. The van der Waals surface area contributed by atoms with E-state index in [1.54, 1.807) is 12.4 Å². The molecule has 0 fully saturated rings. The maximum atomic E-state index is 11.6. The number of pyridine rings is 1. The van der Waals surface area contributed by atoms with Gasteiger partial charge in [0.1, 0.15) is 0 Å². The van der Waals surface area contributed by atoms with Gasteiger partial charge in [0.05, 0.1) is 5.54 Å². The maximum Gasteiger partial charge on any atom is 0.315 e. The molecule has 1 heterocycles. The van der Waals surface area contributed by atoms with Crippen molar-refractivity contribution in [2.75, 3.05) is 6.54 Å². The molecule has 0 saturated carbocycles. The summed E-state index contributed by atoms with van der Waals surface area (Å²) in [6, 6.07) is 3.67. The number of nitrogens with one attached hydrogen (secondary N) is 2. The van der Waals surface area contributed by atoms with E-state index in [0.717, 1.165) is 12.0 Å². The van der Waals surface area contributed by atoms with Gasteiger partial charge >= 0.3 is 6.03 Å². The molecule has 88 valence electrons. The normalized spacial score (nSPS) is 10.9. The molecule has 0 aliphatic heterocycles. The van der Waals surface area contributed by atoms with Crippen molar-refractivity contribution in [2.24, 2.45) is 0 Å². The number of amides is 2. The first kappa shape index (κ1) is 12.5. The van der Waals surface area contributed by atoms with Crippen LogP contribution in [0, 0.1) is 0 Å². The highest BCUT2D eigenvalue weighted by Crippen LogP contribution is 2.18. The van der Waals surface area contributed by atoms with E-state index in [4.69, 9.17) is 0 Å². The number of nitrogens with zero attached hydrogens (tertiary/aromatic N) is 1. The Hall–Kier alpha value is -1.58. The Morgan fingerprint density at radius 3 is 2.56 bits per heavy atom. The third kappa shape index (κ3) is 3.53. The second-order valence-corrected chi connectivity index (χ2v) is 4.24. The summed E-state index contributed by atoms with van der Waals surface area (Å²) in [5, 5.41) is 5.72. The zero-order chi connectivity index (χ0) is 12.0. The van der Waals surface area contributed by atoms with Gasteiger partial charge in [-0.05, 0) is 38.0 Å². The quantitative estimate of drug-likeness (QED) is 0.817. The highest BCUT2D eigenvalue weighted by molar-refractivity contribution is 5.74. The molecule has 2 N–H and O–H groups in total. The Kier molecular flexibility index (Phi) is 4.28. The Balaban J connectivity index is 2.61. The first-order chi connectivity index (χ1) is 7.56. The van der Waals surface area contributed by atoms with Crippen LogP contribution in [0.2, 0.25) is 0 Å². The van der Waals surface area contributed by atoms with Crippen molar-refractivity contribution in [2.45, 2.75) is 32.7 Å². The van der Waals surface area contributed by atoms with Crippen molar-refractivity contribution in [3.05, 3.63) is 30.1 Å². The lowest BCUT2D eigenvalue weighted by molar-refractivity contribution is 0.230. The van der Waals surface area contributed by atoms with E-state index < -0.39 is 0 Å². The number of hydrogen-bond acceptors (Lipinski definition) is 2. The van der Waals surface area contributed by atoms with Gasteiger partial charge in [0.2, 0.25) is 0 Å². The number of aromatic nitrogens is 1. The van der Waals surface area contributed by atoms with Crippen molar-refractivity contribution >= 4 is 6.03 Å². The second kappa shape index (κ2) is 5.49. The molecule has 0 unspecified atom stereocenters. The predicted octanol–water partition coefficient (Wildman–Crippen LogP) is 2.03. The first-order valence-electron chi connectivity index (χ1n) is 5.53. The Morgan fingerprint density at radius 2 is 2.00 bits per heavy atom. The van der Waals surface area contributed by atoms with Crippen LogP contribution in [0.15, 0.2) is 24.5 Å². The first-order valence-corrected chi connectivity index (χ1v) is 5.53. The molecule has 2 amide bonds. The molecular formula is C12H19N3O. The molecule has 0 spiro atoms. The Bertz CT molecular complexity index is 335. The van der Waals surface area contributed by atoms with Crippen molar-refractivity contribution in [1.29, 1.82) is 0 Å². The van der Waals surface area contributed by atoms with E-state index >= 15 is 0 Å². The lowest BCUT2D eigenvalue weighted by atomic mass is 9.96. The summed E-state index contributed by atoms with van der Waals surface area (Å²) in [5.74, 6) is 0. The molecular weight excluding hydrogens is 202 g/mol. The van der Waals surface area contributed by atoms with Gasteiger partial charge in [-0.3, -0.25) is 4.98 Å². The van der Waals surface area contributed by atoms with E-state index in [9.17, 15) is 4.79 Å². The van der Waals surface area contributed by atoms with E-state index in [0.29, 0.717) is 6.54 Å². The van der Waals surface area contributed by atoms with Crippen molar-refractivity contribution in [3.63, 3.8) is 0 Å². The summed E-state index contributed by atoms with van der Waals surface area (Å²) in [4.78, 5) is 15.5. The Labute approximate surface area is 96.5 Å². The average molecular weight is 221 g/mol. The molecule has 1 rings (SSSR count). The smallest absolute Gasteiger partial charge is 0.315 e. The number of urea groups is 1. The van der Waals surface area contributed by atoms with Crippen LogP contribution in [-0.4, -0.2) is 17.6 Å². The fourth-order valence-electron chi connectivity index (χ4n) is 1.41. The van der Waals surface area contributed by atoms with E-state index in [1.807, 2.05) is 32.9 Å². The molecule has 1 aromatic heterocycles. The molecule has 4 heteroatoms. The van der Waals surface area contributed by atoms with Crippen LogP contribution < -0.4 is 10.6 Å². The van der Waals surface area contributed by atoms with Crippen LogP contribution in [0.5, 0.6) is 0 Å². The van der Waals surface area contributed by atoms with E-state index in [-0.39, 0.29) is 11.6 Å². The van der Waals surface area contributed by atoms with Crippen LogP contribution in [0.1, 0.15) is 32.8 Å². The van der Waals surface area contributed by atoms with E-state index in [1.165, 1.54) is 0 Å². The number of rotatable bonds is 4. The highest BCUT2D eigenvalue weighted by Gasteiger charge is 2.22. The average Bonchev–Trinajstić information content (AvgIpc) is 2.27. The van der Waals surface area contributed by atoms with Crippen LogP contribution >= 0.6 is 0 Å². The number of hydrogen-bond donors (Lipinski definition) is 2. The van der Waals surface area contributed by atoms with Crippen molar-refractivity contribution in [1.82, 2.24) is 15.6 Å². The van der Waals surface area contributed by atoms with Gasteiger partial charge in [-0.1, -0.05) is 6.92 Å². The minimum absolute atomic E-state index is 0.135. The van der Waals surface area contributed by atoms with Gasteiger partial charge in [-0.2, -0.15) is 0 Å². The summed E-state index contributed by atoms with van der Waals surface area (Å²) in [6.07, 6.45) is 4.38. The SMILES string of the molecule is CCCNC(=O)NC(C)(C)c1ccncc1. The van der Waals surface area contributed by atoms with Crippen LogP contribution in [0.25, 0.3) is 0 Å². The third-order valence-electron chi connectivity index (χ3n) is 2.36. The Morgan fingerprint density at radius 1 is 1.38 bits per heavy atom. The lowest BCUT2D eigenvalue weighted by Crippen LogP contribution is -2.46. The molecule has 0 bridgehead atoms. The van der Waals surface area contributed by atoms with Gasteiger partial charge < -0.3 is 10.6 Å². The molecule has 16 heavy (non-hydrogen) atoms. The zero-order valence-electron chi connectivity index (χ0n) is 10.1. The van der Waals surface area contributed by atoms with Gasteiger partial charge in [0, 0.05) is 18.9 Å². The minimum atomic E-state index is -0.388. The van der Waals surface area contributed by atoms with Gasteiger partial charge in [0.15, 0.2) is 0 Å². The third-order valence-corrected chi connectivity index (χ3v) is 2.36. The molecule has 0 atom stereocenters. The molecule has 0 aliphatic carbocycles. The van der Waals surface area contributed by atoms with Crippen molar-refractivity contribution < 1.29 is 4.79 Å². The summed E-state index contributed by atoms with van der Waals surface area (Å²) >= 11 is 0. The summed E-state index contributed by atoms with van der Waals surface area (Å²) in [6.45, 7) is 6.65. The van der Waals surface area contributed by atoms with Crippen LogP contribution in [0.3, 0.4) is 0 Å². The minimum Gasteiger partial charge on any atom is -0.338 e. The fraction of sp³-hybridized carbons (Fsp3) is 0.500. The van der Waals surface area contributed by atoms with Gasteiger partial charge in [-0.25, -0.2) is 4.79 Å². The van der Waals surface area contributed by atoms with Gasteiger partial charge in [-0.15, -0.1) is 0 Å². The topological polar surface area (TPSA) is 54.0 Å². The molecule has 0 aliphatic rings. The molecule has 1 aromatic rings. The number of carbonyl (C=O) groups is 1. The molecule has 0 saturated heterocycles. The molecule has 0 radical (unpaired) electrons. The maximum absolute atomic E-state index is 11.6.